The standard InChI is InChI=1S/C21H20N2O3S/c1-14-20(27-19(23-14)11-15-7-3-2-4-8-15)21(24)22-12-16-13-25-17-9-5-6-10-18(17)26-16/h2-10,16H,11-13H2,1H3,(H,22,24). The fourth-order valence-electron chi connectivity index (χ4n) is 2.96. The number of aromatic nitrogens is 1. The molecule has 0 radical (unpaired) electrons. The number of aryl methyl sites for hydroxylation is 1. The molecule has 1 aliphatic rings. The van der Waals surface area contributed by atoms with Crippen LogP contribution in [0.1, 0.15) is 25.9 Å². The first kappa shape index (κ1) is 17.5. The molecule has 0 aliphatic carbocycles. The Morgan fingerprint density at radius 1 is 1.15 bits per heavy atom. The number of hydrogen-bond donors (Lipinski definition) is 1. The first-order valence-corrected chi connectivity index (χ1v) is 9.67. The maximum atomic E-state index is 12.6. The molecule has 27 heavy (non-hydrogen) atoms. The topological polar surface area (TPSA) is 60.5 Å². The van der Waals surface area contributed by atoms with Crippen molar-refractivity contribution in [1.29, 1.82) is 0 Å². The van der Waals surface area contributed by atoms with Gasteiger partial charge in [-0.3, -0.25) is 4.79 Å². The Morgan fingerprint density at radius 2 is 1.89 bits per heavy atom. The van der Waals surface area contributed by atoms with E-state index < -0.39 is 0 Å². The van der Waals surface area contributed by atoms with Crippen LogP contribution in [0, 0.1) is 6.92 Å². The second kappa shape index (κ2) is 7.80. The average molecular weight is 380 g/mol. The van der Waals surface area contributed by atoms with Crippen molar-refractivity contribution in [1.82, 2.24) is 10.3 Å². The van der Waals surface area contributed by atoms with Gasteiger partial charge in [0.25, 0.3) is 5.91 Å². The van der Waals surface area contributed by atoms with Crippen LogP contribution in [0.2, 0.25) is 0 Å². The van der Waals surface area contributed by atoms with Gasteiger partial charge in [-0.05, 0) is 24.6 Å². The molecule has 5 nitrogen and oxygen atoms in total. The Kier molecular flexibility index (Phi) is 5.07. The number of nitrogens with one attached hydrogen (secondary N) is 1. The third kappa shape index (κ3) is 4.11. The minimum absolute atomic E-state index is 0.119. The van der Waals surface area contributed by atoms with Crippen molar-refractivity contribution in [2.75, 3.05) is 13.2 Å². The fraction of sp³-hybridized carbons (Fsp3) is 0.238. The second-order valence-corrected chi connectivity index (χ2v) is 7.48. The van der Waals surface area contributed by atoms with Gasteiger partial charge >= 0.3 is 0 Å². The molecule has 1 amide bonds. The molecule has 0 fully saturated rings. The zero-order valence-electron chi connectivity index (χ0n) is 15.0. The maximum absolute atomic E-state index is 12.6. The monoisotopic (exact) mass is 380 g/mol. The molecule has 0 spiro atoms. The van der Waals surface area contributed by atoms with Crippen LogP contribution in [0.5, 0.6) is 11.5 Å². The number of carbonyl (C=O) groups excluding carboxylic acids is 1. The van der Waals surface area contributed by atoms with Crippen molar-refractivity contribution in [2.45, 2.75) is 19.4 Å². The number of amides is 1. The minimum Gasteiger partial charge on any atom is -0.486 e. The highest BCUT2D eigenvalue weighted by molar-refractivity contribution is 7.13. The maximum Gasteiger partial charge on any atom is 0.263 e. The quantitative estimate of drug-likeness (QED) is 0.735. The van der Waals surface area contributed by atoms with Gasteiger partial charge in [-0.1, -0.05) is 42.5 Å². The molecule has 3 aromatic rings. The van der Waals surface area contributed by atoms with Crippen molar-refractivity contribution in [2.24, 2.45) is 0 Å². The van der Waals surface area contributed by atoms with E-state index in [9.17, 15) is 4.79 Å². The Balaban J connectivity index is 1.36. The summed E-state index contributed by atoms with van der Waals surface area (Å²) in [6, 6.07) is 17.7. The van der Waals surface area contributed by atoms with E-state index in [1.54, 1.807) is 0 Å². The molecular weight excluding hydrogens is 360 g/mol. The number of nitrogens with zero attached hydrogens (tertiary/aromatic N) is 1. The van der Waals surface area contributed by atoms with Gasteiger partial charge in [0.1, 0.15) is 17.6 Å². The van der Waals surface area contributed by atoms with Crippen LogP contribution in [0.4, 0.5) is 0 Å². The Bertz CT molecular complexity index is 940. The summed E-state index contributed by atoms with van der Waals surface area (Å²) in [6.07, 6.45) is 0.525. The van der Waals surface area contributed by atoms with Crippen LogP contribution in [-0.2, 0) is 6.42 Å². The normalized spacial score (nSPS) is 15.4. The van der Waals surface area contributed by atoms with Gasteiger partial charge < -0.3 is 14.8 Å². The second-order valence-electron chi connectivity index (χ2n) is 6.39. The summed E-state index contributed by atoms with van der Waals surface area (Å²) in [5, 5.41) is 3.88. The van der Waals surface area contributed by atoms with Gasteiger partial charge in [0, 0.05) is 6.42 Å². The Hall–Kier alpha value is -2.86. The third-order valence-corrected chi connectivity index (χ3v) is 5.46. The number of para-hydroxylation sites is 2. The van der Waals surface area contributed by atoms with Crippen molar-refractivity contribution in [3.8, 4) is 11.5 Å². The van der Waals surface area contributed by atoms with Crippen LogP contribution in [-0.4, -0.2) is 30.1 Å². The molecule has 2 aromatic carbocycles. The summed E-state index contributed by atoms with van der Waals surface area (Å²) in [5.41, 5.74) is 1.94. The number of rotatable bonds is 5. The summed E-state index contributed by atoms with van der Waals surface area (Å²) >= 11 is 1.44. The molecule has 1 N–H and O–H groups in total. The smallest absolute Gasteiger partial charge is 0.263 e. The lowest BCUT2D eigenvalue weighted by Crippen LogP contribution is -2.40. The SMILES string of the molecule is Cc1nc(Cc2ccccc2)sc1C(=O)NCC1COc2ccccc2O1. The first-order chi connectivity index (χ1) is 13.2. The highest BCUT2D eigenvalue weighted by Crippen LogP contribution is 2.30. The lowest BCUT2D eigenvalue weighted by Gasteiger charge is -2.26. The van der Waals surface area contributed by atoms with Crippen LogP contribution in [0.25, 0.3) is 0 Å². The van der Waals surface area contributed by atoms with Crippen molar-refractivity contribution in [3.05, 3.63) is 75.7 Å². The van der Waals surface area contributed by atoms with Gasteiger partial charge in [-0.2, -0.15) is 0 Å². The molecule has 1 aliphatic heterocycles. The summed E-state index contributed by atoms with van der Waals surface area (Å²) in [4.78, 5) is 17.8. The molecule has 1 atom stereocenters. The number of benzene rings is 2. The first-order valence-electron chi connectivity index (χ1n) is 8.86. The van der Waals surface area contributed by atoms with Gasteiger partial charge in [0.05, 0.1) is 17.2 Å². The third-order valence-electron chi connectivity index (χ3n) is 4.30. The average Bonchev–Trinajstić information content (AvgIpc) is 3.07. The van der Waals surface area contributed by atoms with Gasteiger partial charge in [-0.15, -0.1) is 11.3 Å². The van der Waals surface area contributed by atoms with Gasteiger partial charge in [-0.25, -0.2) is 4.98 Å². The molecule has 1 aromatic heterocycles. The molecule has 1 unspecified atom stereocenters. The van der Waals surface area contributed by atoms with Crippen LogP contribution < -0.4 is 14.8 Å². The molecular formula is C21H20N2O3S. The van der Waals surface area contributed by atoms with E-state index in [2.05, 4.69) is 22.4 Å². The summed E-state index contributed by atoms with van der Waals surface area (Å²) in [5.74, 6) is 1.33. The highest BCUT2D eigenvalue weighted by Gasteiger charge is 2.22. The molecule has 138 valence electrons. The van der Waals surface area contributed by atoms with E-state index in [0.29, 0.717) is 23.8 Å². The molecule has 6 heteroatoms. The summed E-state index contributed by atoms with van der Waals surface area (Å²) in [6.45, 7) is 2.67. The van der Waals surface area contributed by atoms with E-state index >= 15 is 0 Å². The number of carbonyl (C=O) groups is 1. The van der Waals surface area contributed by atoms with Gasteiger partial charge in [0.2, 0.25) is 0 Å². The zero-order valence-corrected chi connectivity index (χ0v) is 15.8. The number of hydrogen-bond acceptors (Lipinski definition) is 5. The largest absolute Gasteiger partial charge is 0.486 e. The van der Waals surface area contributed by atoms with Crippen molar-refractivity contribution >= 4 is 17.2 Å². The van der Waals surface area contributed by atoms with Crippen LogP contribution >= 0.6 is 11.3 Å². The molecule has 4 rings (SSSR count). The van der Waals surface area contributed by atoms with E-state index in [-0.39, 0.29) is 12.0 Å². The number of thiazole rings is 1. The van der Waals surface area contributed by atoms with E-state index in [0.717, 1.165) is 22.9 Å². The predicted molar refractivity (Wildman–Crippen MR) is 105 cm³/mol. The lowest BCUT2D eigenvalue weighted by molar-refractivity contribution is 0.0791. The van der Waals surface area contributed by atoms with E-state index in [4.69, 9.17) is 9.47 Å². The van der Waals surface area contributed by atoms with Crippen molar-refractivity contribution in [3.63, 3.8) is 0 Å². The molecule has 0 saturated carbocycles. The highest BCUT2D eigenvalue weighted by atomic mass is 32.1. The zero-order chi connectivity index (χ0) is 18.6. The Labute approximate surface area is 162 Å². The summed E-state index contributed by atoms with van der Waals surface area (Å²) < 4.78 is 11.6. The predicted octanol–water partition coefficient (Wildman–Crippen LogP) is 3.61. The molecule has 0 bridgehead atoms. The van der Waals surface area contributed by atoms with E-state index in [1.165, 1.54) is 16.9 Å². The lowest BCUT2D eigenvalue weighted by atomic mass is 10.2. The Morgan fingerprint density at radius 3 is 2.70 bits per heavy atom. The van der Waals surface area contributed by atoms with Crippen LogP contribution in [0.3, 0.4) is 0 Å². The van der Waals surface area contributed by atoms with Crippen LogP contribution in [0.15, 0.2) is 54.6 Å². The van der Waals surface area contributed by atoms with Crippen molar-refractivity contribution < 1.29 is 14.3 Å². The summed E-state index contributed by atoms with van der Waals surface area (Å²) in [7, 11) is 0. The molecule has 0 saturated heterocycles. The number of fused-ring (bicyclic) bond motifs is 1. The minimum atomic E-state index is -0.208. The number of ether oxygens (including phenoxy) is 2. The molecule has 2 heterocycles. The van der Waals surface area contributed by atoms with E-state index in [1.807, 2.05) is 49.4 Å². The van der Waals surface area contributed by atoms with Gasteiger partial charge in [0.15, 0.2) is 11.5 Å². The fourth-order valence-corrected chi connectivity index (χ4v) is 3.97.